The number of hydrogen-bond acceptors (Lipinski definition) is 2. The van der Waals surface area contributed by atoms with Gasteiger partial charge >= 0.3 is 0 Å². The zero-order chi connectivity index (χ0) is 12.9. The molecule has 3 aliphatic heterocycles. The number of nitrogens with one attached hydrogen (secondary N) is 1. The summed E-state index contributed by atoms with van der Waals surface area (Å²) >= 11 is 0. The highest BCUT2D eigenvalue weighted by atomic mass is 15.5. The second-order valence-electron chi connectivity index (χ2n) is 6.46. The summed E-state index contributed by atoms with van der Waals surface area (Å²) in [7, 11) is 0. The number of terminal acetylenes is 1. The number of rotatable bonds is 1. The van der Waals surface area contributed by atoms with Crippen LogP contribution in [0, 0.1) is 18.3 Å². The molecule has 0 amide bonds. The second-order valence-corrected chi connectivity index (χ2v) is 6.46. The van der Waals surface area contributed by atoms with E-state index in [4.69, 9.17) is 6.42 Å². The fourth-order valence-corrected chi connectivity index (χ4v) is 4.86. The lowest BCUT2D eigenvalue weighted by molar-refractivity contribution is 0.155. The maximum atomic E-state index is 5.55. The van der Waals surface area contributed by atoms with Crippen LogP contribution < -0.4 is 9.80 Å². The first-order valence-electron chi connectivity index (χ1n) is 7.28. The van der Waals surface area contributed by atoms with E-state index in [1.807, 2.05) is 0 Å². The number of quaternary nitrogens is 1. The van der Waals surface area contributed by atoms with Gasteiger partial charge in [0, 0.05) is 49.6 Å². The van der Waals surface area contributed by atoms with Gasteiger partial charge in [-0.2, -0.15) is 0 Å². The van der Waals surface area contributed by atoms with Crippen LogP contribution in [0.5, 0.6) is 0 Å². The summed E-state index contributed by atoms with van der Waals surface area (Å²) in [6.45, 7) is 4.87. The second kappa shape index (κ2) is 3.82. The lowest BCUT2D eigenvalue weighted by atomic mass is 9.85. The Morgan fingerprint density at radius 3 is 3.16 bits per heavy atom. The zero-order valence-electron chi connectivity index (χ0n) is 11.2. The number of aromatic nitrogens is 1. The Balaban J connectivity index is 1.84. The van der Waals surface area contributed by atoms with E-state index in [1.54, 1.807) is 6.20 Å². The van der Waals surface area contributed by atoms with Gasteiger partial charge in [0.05, 0.1) is 25.8 Å². The Labute approximate surface area is 114 Å². The summed E-state index contributed by atoms with van der Waals surface area (Å²) in [6.07, 6.45) is 13.4. The highest BCUT2D eigenvalue weighted by Crippen LogP contribution is 2.52. The fourth-order valence-electron chi connectivity index (χ4n) is 4.86. The number of nitrogens with zero attached hydrogens (tertiary/aromatic N) is 2. The third kappa shape index (κ3) is 1.39. The predicted octanol–water partition coefficient (Wildman–Crippen LogP) is 1.53. The molecule has 98 valence electrons. The first-order valence-corrected chi connectivity index (χ1v) is 7.28. The van der Waals surface area contributed by atoms with Crippen molar-refractivity contribution in [1.29, 1.82) is 0 Å². The van der Waals surface area contributed by atoms with Crippen LogP contribution in [-0.4, -0.2) is 36.7 Å². The van der Waals surface area contributed by atoms with E-state index in [0.717, 1.165) is 29.1 Å². The molecule has 1 aromatic rings. The summed E-state index contributed by atoms with van der Waals surface area (Å²) in [4.78, 5) is 4.39. The zero-order valence-corrected chi connectivity index (χ0v) is 11.2. The van der Waals surface area contributed by atoms with E-state index < -0.39 is 0 Å². The summed E-state index contributed by atoms with van der Waals surface area (Å²) in [6, 6.07) is 2.20. The van der Waals surface area contributed by atoms with Crippen molar-refractivity contribution in [1.82, 2.24) is 14.8 Å². The van der Waals surface area contributed by atoms with Crippen molar-refractivity contribution in [3.8, 4) is 12.3 Å². The number of pyridine rings is 1. The van der Waals surface area contributed by atoms with Crippen molar-refractivity contribution in [3.05, 3.63) is 24.0 Å². The highest BCUT2D eigenvalue weighted by Gasteiger charge is 2.64. The third-order valence-corrected chi connectivity index (χ3v) is 5.67. The van der Waals surface area contributed by atoms with Crippen LogP contribution in [0.25, 0.3) is 0 Å². The van der Waals surface area contributed by atoms with Gasteiger partial charge in [-0.3, -0.25) is 9.47 Å². The minimum Gasteiger partial charge on any atom is -0.311 e. The van der Waals surface area contributed by atoms with Gasteiger partial charge in [0.1, 0.15) is 5.54 Å². The average molecular weight is 254 g/mol. The molecule has 19 heavy (non-hydrogen) atoms. The van der Waals surface area contributed by atoms with E-state index in [1.165, 1.54) is 38.0 Å². The quantitative estimate of drug-likeness (QED) is 0.607. The van der Waals surface area contributed by atoms with Gasteiger partial charge in [-0.25, -0.2) is 0 Å². The van der Waals surface area contributed by atoms with Crippen LogP contribution in [0.15, 0.2) is 18.5 Å². The molecule has 4 heterocycles. The molecule has 3 unspecified atom stereocenters. The summed E-state index contributed by atoms with van der Waals surface area (Å²) in [5.74, 6) is 3.63. The molecule has 2 bridgehead atoms. The van der Waals surface area contributed by atoms with Crippen molar-refractivity contribution in [2.24, 2.45) is 5.92 Å². The van der Waals surface area contributed by atoms with E-state index in [2.05, 4.69) is 28.5 Å². The molecule has 1 aromatic heterocycles. The first-order chi connectivity index (χ1) is 9.28. The summed E-state index contributed by atoms with van der Waals surface area (Å²) in [5, 5.41) is 3.59. The lowest BCUT2D eigenvalue weighted by Crippen LogP contribution is -2.63. The summed E-state index contributed by atoms with van der Waals surface area (Å²) < 4.78 is 1.13. The van der Waals surface area contributed by atoms with Crippen LogP contribution >= 0.6 is 0 Å². The van der Waals surface area contributed by atoms with Crippen LogP contribution in [-0.2, 0) is 0 Å². The molecule has 3 heteroatoms. The Morgan fingerprint density at radius 1 is 1.47 bits per heavy atom. The Kier molecular flexibility index (Phi) is 2.30. The van der Waals surface area contributed by atoms with Gasteiger partial charge in [-0.1, -0.05) is 5.92 Å². The van der Waals surface area contributed by atoms with E-state index in [9.17, 15) is 0 Å². The monoisotopic (exact) mass is 254 g/mol. The molecule has 1 N–H and O–H groups in total. The highest BCUT2D eigenvalue weighted by molar-refractivity contribution is 5.51. The van der Waals surface area contributed by atoms with E-state index in [-0.39, 0.29) is 0 Å². The lowest BCUT2D eigenvalue weighted by Gasteiger charge is -2.46. The van der Waals surface area contributed by atoms with Gasteiger partial charge in [0.25, 0.3) is 0 Å². The molecule has 3 fully saturated rings. The van der Waals surface area contributed by atoms with Gasteiger partial charge < -0.3 is 5.32 Å². The Morgan fingerprint density at radius 2 is 2.42 bits per heavy atom. The molecule has 1 spiro atoms. The van der Waals surface area contributed by atoms with Crippen molar-refractivity contribution in [3.63, 3.8) is 0 Å². The molecular weight excluding hydrogens is 234 g/mol. The van der Waals surface area contributed by atoms with Crippen molar-refractivity contribution in [2.45, 2.75) is 24.8 Å². The van der Waals surface area contributed by atoms with Gasteiger partial charge in [0.15, 0.2) is 5.69 Å². The van der Waals surface area contributed by atoms with E-state index >= 15 is 0 Å². The maximum absolute atomic E-state index is 5.55. The molecule has 3 nitrogen and oxygen atoms in total. The van der Waals surface area contributed by atoms with Crippen LogP contribution in [0.4, 0.5) is 5.69 Å². The molecule has 0 radical (unpaired) electrons. The third-order valence-electron chi connectivity index (χ3n) is 5.67. The predicted molar refractivity (Wildman–Crippen MR) is 76.6 cm³/mol. The molecular formula is C16H20N3+. The molecule has 3 atom stereocenters. The van der Waals surface area contributed by atoms with Crippen molar-refractivity contribution >= 4 is 5.69 Å². The van der Waals surface area contributed by atoms with Crippen LogP contribution in [0.2, 0.25) is 0 Å². The van der Waals surface area contributed by atoms with Crippen molar-refractivity contribution in [2.75, 3.05) is 26.2 Å². The number of piperidine rings is 1. The first kappa shape index (κ1) is 11.5. The van der Waals surface area contributed by atoms with Crippen LogP contribution in [0.3, 0.4) is 0 Å². The topological polar surface area (TPSA) is 24.9 Å². The molecule has 0 aromatic carbocycles. The molecule has 0 aliphatic carbocycles. The molecule has 3 aliphatic rings. The van der Waals surface area contributed by atoms with E-state index in [0.29, 0.717) is 5.54 Å². The Bertz CT molecular complexity index is 553. The maximum Gasteiger partial charge on any atom is 0.153 e. The fraction of sp³-hybridized carbons (Fsp3) is 0.562. The number of hydrogen-bond donors (Lipinski definition) is 1. The molecule has 0 saturated carbocycles. The standard InChI is InChI=1S/C16H20N3/c1-2-13-7-15(10-18-9-13)19-6-3-14(11-19)8-16(19)4-5-17-12-16/h1,7,9-10,14,17H,3-6,8,11-12H2/q+1. The summed E-state index contributed by atoms with van der Waals surface area (Å²) in [5.41, 5.74) is 2.68. The largest absolute Gasteiger partial charge is 0.311 e. The SMILES string of the molecule is C#Cc1cncc([N+]23CCC(CC24CCNC4)C3)c1. The Hall–Kier alpha value is -1.37. The number of fused-ring (bicyclic) bond motifs is 3. The molecule has 4 rings (SSSR count). The van der Waals surface area contributed by atoms with Crippen LogP contribution in [0.1, 0.15) is 24.8 Å². The average Bonchev–Trinajstić information content (AvgIpc) is 3.15. The smallest absolute Gasteiger partial charge is 0.153 e. The van der Waals surface area contributed by atoms with Gasteiger partial charge in [-0.05, 0) is 0 Å². The van der Waals surface area contributed by atoms with Crippen molar-refractivity contribution < 1.29 is 0 Å². The normalized spacial score (nSPS) is 39.8. The van der Waals surface area contributed by atoms with Gasteiger partial charge in [-0.15, -0.1) is 6.42 Å². The minimum absolute atomic E-state index is 0.415. The minimum atomic E-state index is 0.415. The molecule has 3 saturated heterocycles. The van der Waals surface area contributed by atoms with Gasteiger partial charge in [0.2, 0.25) is 0 Å².